The van der Waals surface area contributed by atoms with Crippen molar-refractivity contribution < 1.29 is 9.53 Å². The van der Waals surface area contributed by atoms with Gasteiger partial charge in [-0.15, -0.1) is 0 Å². The zero-order chi connectivity index (χ0) is 12.4. The van der Waals surface area contributed by atoms with Crippen molar-refractivity contribution >= 4 is 5.97 Å². The van der Waals surface area contributed by atoms with Crippen molar-refractivity contribution in [3.63, 3.8) is 0 Å². The molecule has 0 radical (unpaired) electrons. The van der Waals surface area contributed by atoms with Gasteiger partial charge in [0.15, 0.2) is 0 Å². The zero-order valence-corrected chi connectivity index (χ0v) is 11.1. The molecule has 3 nitrogen and oxygen atoms in total. The smallest absolute Gasteiger partial charge is 0.330 e. The number of hydrogen-bond acceptors (Lipinski definition) is 3. The van der Waals surface area contributed by atoms with Crippen molar-refractivity contribution in [2.24, 2.45) is 17.8 Å². The summed E-state index contributed by atoms with van der Waals surface area (Å²) < 4.78 is 5.04. The third-order valence-electron chi connectivity index (χ3n) is 4.17. The Morgan fingerprint density at radius 1 is 1.47 bits per heavy atom. The van der Waals surface area contributed by atoms with Crippen molar-refractivity contribution in [2.75, 3.05) is 26.7 Å². The molecule has 2 fully saturated rings. The van der Waals surface area contributed by atoms with Crippen LogP contribution >= 0.6 is 0 Å². The minimum atomic E-state index is -0.156. The Bertz CT molecular complexity index is 324. The van der Waals surface area contributed by atoms with Gasteiger partial charge in [-0.2, -0.15) is 0 Å². The summed E-state index contributed by atoms with van der Waals surface area (Å²) in [6, 6.07) is 0. The van der Waals surface area contributed by atoms with Gasteiger partial charge in [-0.3, -0.25) is 0 Å². The largest absolute Gasteiger partial charge is 0.463 e. The molecule has 0 aromatic rings. The second-order valence-corrected chi connectivity index (χ2v) is 5.48. The number of piperidine rings is 1. The van der Waals surface area contributed by atoms with Gasteiger partial charge in [-0.05, 0) is 44.6 Å². The Kier molecular flexibility index (Phi) is 3.87. The van der Waals surface area contributed by atoms with E-state index in [1.54, 1.807) is 6.08 Å². The molecule has 0 aromatic heterocycles. The molecule has 1 saturated heterocycles. The first kappa shape index (κ1) is 12.6. The van der Waals surface area contributed by atoms with E-state index in [1.165, 1.54) is 18.4 Å². The second kappa shape index (κ2) is 5.21. The van der Waals surface area contributed by atoms with Gasteiger partial charge in [0.25, 0.3) is 0 Å². The van der Waals surface area contributed by atoms with Gasteiger partial charge in [-0.25, -0.2) is 4.79 Å². The predicted molar refractivity (Wildman–Crippen MR) is 67.6 cm³/mol. The second-order valence-electron chi connectivity index (χ2n) is 5.48. The van der Waals surface area contributed by atoms with Crippen molar-refractivity contribution in [1.29, 1.82) is 0 Å². The van der Waals surface area contributed by atoms with E-state index in [4.69, 9.17) is 4.74 Å². The average Bonchev–Trinajstić information content (AvgIpc) is 2.26. The number of likely N-dealkylation sites (tertiary alicyclic amines) is 1. The van der Waals surface area contributed by atoms with Crippen molar-refractivity contribution in [3.8, 4) is 0 Å². The SMILES string of the molecule is CCOC(=O)C=C1C2CCC(C)C1CN(C)C2. The Balaban J connectivity index is 2.17. The van der Waals surface area contributed by atoms with Crippen LogP contribution < -0.4 is 0 Å². The molecule has 3 unspecified atom stereocenters. The van der Waals surface area contributed by atoms with E-state index in [2.05, 4.69) is 18.9 Å². The molecule has 0 spiro atoms. The molecule has 96 valence electrons. The molecule has 0 amide bonds. The summed E-state index contributed by atoms with van der Waals surface area (Å²) in [5.74, 6) is 1.65. The molecular formula is C14H23NO2. The number of nitrogens with zero attached hydrogens (tertiary/aromatic N) is 1. The van der Waals surface area contributed by atoms with E-state index in [0.717, 1.165) is 13.1 Å². The van der Waals surface area contributed by atoms with E-state index >= 15 is 0 Å². The van der Waals surface area contributed by atoms with Gasteiger partial charge >= 0.3 is 5.97 Å². The molecule has 3 atom stereocenters. The number of rotatable bonds is 2. The molecule has 1 aliphatic carbocycles. The van der Waals surface area contributed by atoms with Crippen LogP contribution in [0.5, 0.6) is 0 Å². The minimum Gasteiger partial charge on any atom is -0.463 e. The number of hydrogen-bond donors (Lipinski definition) is 0. The molecule has 1 saturated carbocycles. The number of fused-ring (bicyclic) bond motifs is 2. The van der Waals surface area contributed by atoms with Crippen LogP contribution in [-0.4, -0.2) is 37.6 Å². The summed E-state index contributed by atoms with van der Waals surface area (Å²) in [7, 11) is 2.18. The fourth-order valence-corrected chi connectivity index (χ4v) is 3.28. The fraction of sp³-hybridized carbons (Fsp3) is 0.786. The van der Waals surface area contributed by atoms with Crippen LogP contribution in [-0.2, 0) is 9.53 Å². The summed E-state index contributed by atoms with van der Waals surface area (Å²) in [5, 5.41) is 0. The third kappa shape index (κ3) is 2.71. The molecule has 2 rings (SSSR count). The first-order valence-corrected chi connectivity index (χ1v) is 6.68. The Morgan fingerprint density at radius 2 is 2.24 bits per heavy atom. The summed E-state index contributed by atoms with van der Waals surface area (Å²) >= 11 is 0. The quantitative estimate of drug-likeness (QED) is 0.544. The van der Waals surface area contributed by atoms with E-state index in [9.17, 15) is 4.79 Å². The molecule has 1 aliphatic heterocycles. The average molecular weight is 237 g/mol. The molecule has 1 heterocycles. The fourth-order valence-electron chi connectivity index (χ4n) is 3.28. The molecule has 3 heteroatoms. The van der Waals surface area contributed by atoms with Crippen molar-refractivity contribution in [2.45, 2.75) is 26.7 Å². The van der Waals surface area contributed by atoms with Crippen LogP contribution in [0.25, 0.3) is 0 Å². The standard InChI is InChI=1S/C14H23NO2/c1-4-17-14(16)7-12-11-6-5-10(2)13(12)9-15(3)8-11/h7,10-11,13H,4-6,8-9H2,1-3H3. The zero-order valence-electron chi connectivity index (χ0n) is 11.1. The predicted octanol–water partition coefficient (Wildman–Crippen LogP) is 2.08. The Hall–Kier alpha value is -0.830. The van der Waals surface area contributed by atoms with E-state index < -0.39 is 0 Å². The van der Waals surface area contributed by atoms with Gasteiger partial charge in [0.2, 0.25) is 0 Å². The lowest BCUT2D eigenvalue weighted by Crippen LogP contribution is -2.45. The normalized spacial score (nSPS) is 35.9. The highest BCUT2D eigenvalue weighted by atomic mass is 16.5. The number of carbonyl (C=O) groups is 1. The molecule has 17 heavy (non-hydrogen) atoms. The van der Waals surface area contributed by atoms with E-state index in [1.807, 2.05) is 6.92 Å². The van der Waals surface area contributed by atoms with Crippen LogP contribution in [0.2, 0.25) is 0 Å². The first-order chi connectivity index (χ1) is 8.11. The Morgan fingerprint density at radius 3 is 2.94 bits per heavy atom. The highest BCUT2D eigenvalue weighted by Gasteiger charge is 2.37. The number of ether oxygens (including phenoxy) is 1. The number of carbonyl (C=O) groups excluding carboxylic acids is 1. The maximum Gasteiger partial charge on any atom is 0.330 e. The van der Waals surface area contributed by atoms with Crippen LogP contribution in [0, 0.1) is 17.8 Å². The molecule has 0 N–H and O–H groups in total. The lowest BCUT2D eigenvalue weighted by Gasteiger charge is -2.45. The molecule has 2 aliphatic rings. The van der Waals surface area contributed by atoms with Gasteiger partial charge in [0.1, 0.15) is 0 Å². The van der Waals surface area contributed by atoms with Crippen LogP contribution in [0.4, 0.5) is 0 Å². The summed E-state index contributed by atoms with van der Waals surface area (Å²) in [6.07, 6.45) is 4.29. The van der Waals surface area contributed by atoms with Gasteiger partial charge in [0.05, 0.1) is 6.61 Å². The van der Waals surface area contributed by atoms with Gasteiger partial charge in [-0.1, -0.05) is 12.5 Å². The lowest BCUT2D eigenvalue weighted by atomic mass is 9.68. The highest BCUT2D eigenvalue weighted by molar-refractivity contribution is 5.83. The molecule has 2 bridgehead atoms. The number of esters is 1. The molecule has 0 aromatic carbocycles. The highest BCUT2D eigenvalue weighted by Crippen LogP contribution is 2.42. The van der Waals surface area contributed by atoms with Crippen molar-refractivity contribution in [1.82, 2.24) is 4.90 Å². The summed E-state index contributed by atoms with van der Waals surface area (Å²) in [4.78, 5) is 14.0. The van der Waals surface area contributed by atoms with Crippen LogP contribution in [0.1, 0.15) is 26.7 Å². The molecular weight excluding hydrogens is 214 g/mol. The van der Waals surface area contributed by atoms with Crippen molar-refractivity contribution in [3.05, 3.63) is 11.6 Å². The van der Waals surface area contributed by atoms with E-state index in [0.29, 0.717) is 24.4 Å². The monoisotopic (exact) mass is 237 g/mol. The maximum atomic E-state index is 11.6. The lowest BCUT2D eigenvalue weighted by molar-refractivity contribution is -0.137. The minimum absolute atomic E-state index is 0.156. The first-order valence-electron chi connectivity index (χ1n) is 6.68. The topological polar surface area (TPSA) is 29.5 Å². The summed E-state index contributed by atoms with van der Waals surface area (Å²) in [5.41, 5.74) is 1.35. The van der Waals surface area contributed by atoms with Gasteiger partial charge in [0, 0.05) is 19.2 Å². The van der Waals surface area contributed by atoms with Crippen LogP contribution in [0.3, 0.4) is 0 Å². The maximum absolute atomic E-state index is 11.6. The van der Waals surface area contributed by atoms with Crippen LogP contribution in [0.15, 0.2) is 11.6 Å². The Labute approximate surface area is 104 Å². The summed E-state index contributed by atoms with van der Waals surface area (Å²) in [6.45, 7) is 6.80. The van der Waals surface area contributed by atoms with E-state index in [-0.39, 0.29) is 5.97 Å². The third-order valence-corrected chi connectivity index (χ3v) is 4.17. The van der Waals surface area contributed by atoms with Gasteiger partial charge < -0.3 is 9.64 Å².